The van der Waals surface area contributed by atoms with E-state index in [0.29, 0.717) is 4.73 Å². The molecule has 0 amide bonds. The molecule has 0 N–H and O–H groups in total. The van der Waals surface area contributed by atoms with Gasteiger partial charge >= 0.3 is 0 Å². The van der Waals surface area contributed by atoms with Crippen LogP contribution in [0.1, 0.15) is 37.8 Å². The van der Waals surface area contributed by atoms with Crippen LogP contribution in [-0.4, -0.2) is 21.4 Å². The lowest BCUT2D eigenvalue weighted by Gasteiger charge is -2.14. The first-order chi connectivity index (χ1) is 9.34. The molecule has 1 aromatic carbocycles. The van der Waals surface area contributed by atoms with Gasteiger partial charge in [0.2, 0.25) is 4.73 Å². The molecular weight excluding hydrogens is 306 g/mol. The van der Waals surface area contributed by atoms with E-state index in [1.54, 1.807) is 0 Å². The summed E-state index contributed by atoms with van der Waals surface area (Å²) in [7, 11) is 0. The molecule has 1 aromatic heterocycles. The molecule has 2 aromatic rings. The van der Waals surface area contributed by atoms with Gasteiger partial charge in [-0.05, 0) is 27.9 Å². The van der Waals surface area contributed by atoms with Crippen LogP contribution in [0.5, 0.6) is 0 Å². The van der Waals surface area contributed by atoms with Crippen LogP contribution in [0.2, 0.25) is 0 Å². The molecule has 1 aliphatic rings. The number of aromatic nitrogens is 3. The van der Waals surface area contributed by atoms with Gasteiger partial charge in [-0.15, -0.1) is 5.10 Å². The second-order valence-electron chi connectivity index (χ2n) is 3.98. The molecule has 0 fully saturated rings. The van der Waals surface area contributed by atoms with Gasteiger partial charge in [-0.1, -0.05) is 44.2 Å². The predicted molar refractivity (Wildman–Crippen MR) is 77.9 cm³/mol. The van der Waals surface area contributed by atoms with E-state index >= 15 is 0 Å². The number of hydrogen-bond donors (Lipinski definition) is 0. The molecule has 0 aliphatic carbocycles. The zero-order valence-corrected chi connectivity index (χ0v) is 12.8. The van der Waals surface area contributed by atoms with Crippen LogP contribution >= 0.6 is 15.9 Å². The average Bonchev–Trinajstić information content (AvgIpc) is 2.72. The number of nitrogens with zero attached hydrogens (tertiary/aromatic N) is 3. The van der Waals surface area contributed by atoms with Gasteiger partial charge in [0.25, 0.3) is 0 Å². The minimum atomic E-state index is -0.113. The smallest absolute Gasteiger partial charge is 0.217 e. The molecule has 1 atom stereocenters. The molecule has 0 saturated heterocycles. The van der Waals surface area contributed by atoms with Crippen LogP contribution in [-0.2, 0) is 11.3 Å². The molecule has 1 aliphatic heterocycles. The van der Waals surface area contributed by atoms with E-state index < -0.39 is 0 Å². The normalized spacial score (nSPS) is 17.9. The van der Waals surface area contributed by atoms with Gasteiger partial charge < -0.3 is 4.74 Å². The lowest BCUT2D eigenvalue weighted by Crippen LogP contribution is -2.10. The van der Waals surface area contributed by atoms with Crippen LogP contribution in [0.3, 0.4) is 0 Å². The molecule has 1 unspecified atom stereocenters. The summed E-state index contributed by atoms with van der Waals surface area (Å²) in [6.45, 7) is 5.60. The van der Waals surface area contributed by atoms with E-state index in [2.05, 4.69) is 38.1 Å². The van der Waals surface area contributed by atoms with Crippen LogP contribution in [0.15, 0.2) is 35.1 Å². The summed E-state index contributed by atoms with van der Waals surface area (Å²) in [4.78, 5) is 4.41. The van der Waals surface area contributed by atoms with E-state index in [9.17, 15) is 0 Å². The Labute approximate surface area is 121 Å². The lowest BCUT2D eigenvalue weighted by atomic mass is 10.1. The van der Waals surface area contributed by atoms with E-state index in [0.717, 1.165) is 31.0 Å². The maximum Gasteiger partial charge on any atom is 0.217 e. The standard InChI is InChI=1S/C12H12BrN3O.C2H6/c13-12-14-11-10(9-5-2-1-3-6-9)17-8-4-7-16(11)15-12;1-2/h1-3,5-6,10H,4,7-8H2;1-2H3. The van der Waals surface area contributed by atoms with Crippen LogP contribution < -0.4 is 0 Å². The van der Waals surface area contributed by atoms with Crippen molar-refractivity contribution in [1.29, 1.82) is 0 Å². The fourth-order valence-corrected chi connectivity index (χ4v) is 2.42. The maximum absolute atomic E-state index is 5.88. The minimum Gasteiger partial charge on any atom is -0.365 e. The third kappa shape index (κ3) is 3.22. The zero-order chi connectivity index (χ0) is 13.7. The van der Waals surface area contributed by atoms with E-state index in [1.165, 1.54) is 0 Å². The van der Waals surface area contributed by atoms with Gasteiger partial charge in [-0.2, -0.15) is 0 Å². The molecule has 0 bridgehead atoms. The number of ether oxygens (including phenoxy) is 1. The second-order valence-corrected chi connectivity index (χ2v) is 4.69. The first-order valence-electron chi connectivity index (χ1n) is 6.61. The van der Waals surface area contributed by atoms with Crippen LogP contribution in [0.25, 0.3) is 0 Å². The Morgan fingerprint density at radius 1 is 1.26 bits per heavy atom. The Bertz CT molecular complexity index is 513. The molecule has 0 spiro atoms. The van der Waals surface area contributed by atoms with E-state index in [4.69, 9.17) is 4.74 Å². The molecule has 0 saturated carbocycles. The lowest BCUT2D eigenvalue weighted by molar-refractivity contribution is 0.0811. The molecule has 102 valence electrons. The fourth-order valence-electron chi connectivity index (χ4n) is 2.05. The Morgan fingerprint density at radius 2 is 2.00 bits per heavy atom. The maximum atomic E-state index is 5.88. The summed E-state index contributed by atoms with van der Waals surface area (Å²) >= 11 is 3.32. The van der Waals surface area contributed by atoms with Crippen molar-refractivity contribution in [1.82, 2.24) is 14.8 Å². The third-order valence-electron chi connectivity index (χ3n) is 2.81. The summed E-state index contributed by atoms with van der Waals surface area (Å²) in [5.74, 6) is 0.876. The van der Waals surface area contributed by atoms with E-state index in [-0.39, 0.29) is 6.10 Å². The highest BCUT2D eigenvalue weighted by atomic mass is 79.9. The predicted octanol–water partition coefficient (Wildman–Crippen LogP) is 3.58. The first kappa shape index (κ1) is 14.2. The highest BCUT2D eigenvalue weighted by Crippen LogP contribution is 2.27. The molecule has 3 rings (SSSR count). The number of fused-ring (bicyclic) bond motifs is 1. The van der Waals surface area contributed by atoms with Crippen molar-refractivity contribution in [2.45, 2.75) is 32.9 Å². The number of rotatable bonds is 1. The van der Waals surface area contributed by atoms with Gasteiger partial charge in [0, 0.05) is 13.2 Å². The fraction of sp³-hybridized carbons (Fsp3) is 0.429. The molecule has 2 heterocycles. The monoisotopic (exact) mass is 323 g/mol. The van der Waals surface area contributed by atoms with Crippen molar-refractivity contribution in [3.05, 3.63) is 46.5 Å². The third-order valence-corrected chi connectivity index (χ3v) is 3.15. The summed E-state index contributed by atoms with van der Waals surface area (Å²) in [5, 5.41) is 4.33. The van der Waals surface area contributed by atoms with Gasteiger partial charge in [-0.25, -0.2) is 9.67 Å². The van der Waals surface area contributed by atoms with Crippen LogP contribution in [0, 0.1) is 0 Å². The first-order valence-corrected chi connectivity index (χ1v) is 7.41. The SMILES string of the molecule is Brc1nc2n(n1)CCCOC2c1ccccc1.CC. The van der Waals surface area contributed by atoms with E-state index in [1.807, 2.05) is 36.7 Å². The quantitative estimate of drug-likeness (QED) is 0.805. The van der Waals surface area contributed by atoms with Crippen molar-refractivity contribution in [3.8, 4) is 0 Å². The largest absolute Gasteiger partial charge is 0.365 e. The summed E-state index contributed by atoms with van der Waals surface area (Å²) in [6.07, 6.45) is 0.851. The Kier molecular flexibility index (Phi) is 5.10. The molecule has 4 nitrogen and oxygen atoms in total. The summed E-state index contributed by atoms with van der Waals surface area (Å²) in [6, 6.07) is 10.1. The van der Waals surface area contributed by atoms with Gasteiger partial charge in [-0.3, -0.25) is 0 Å². The van der Waals surface area contributed by atoms with Crippen molar-refractivity contribution in [2.75, 3.05) is 6.61 Å². The number of benzene rings is 1. The second kappa shape index (κ2) is 6.82. The highest BCUT2D eigenvalue weighted by Gasteiger charge is 2.24. The Balaban J connectivity index is 0.000000637. The van der Waals surface area contributed by atoms with Crippen molar-refractivity contribution in [2.24, 2.45) is 0 Å². The number of halogens is 1. The molecule has 0 radical (unpaired) electrons. The zero-order valence-electron chi connectivity index (χ0n) is 11.2. The number of hydrogen-bond acceptors (Lipinski definition) is 3. The molecular formula is C14H18BrN3O. The van der Waals surface area contributed by atoms with Gasteiger partial charge in [0.1, 0.15) is 6.10 Å². The van der Waals surface area contributed by atoms with Crippen molar-refractivity contribution in [3.63, 3.8) is 0 Å². The highest BCUT2D eigenvalue weighted by molar-refractivity contribution is 9.10. The van der Waals surface area contributed by atoms with Gasteiger partial charge in [0.15, 0.2) is 5.82 Å². The van der Waals surface area contributed by atoms with Crippen molar-refractivity contribution >= 4 is 15.9 Å². The summed E-state index contributed by atoms with van der Waals surface area (Å²) < 4.78 is 8.43. The van der Waals surface area contributed by atoms with Crippen LogP contribution in [0.4, 0.5) is 0 Å². The molecule has 5 heteroatoms. The summed E-state index contributed by atoms with van der Waals surface area (Å²) in [5.41, 5.74) is 1.12. The Morgan fingerprint density at radius 3 is 2.74 bits per heavy atom. The van der Waals surface area contributed by atoms with Gasteiger partial charge in [0.05, 0.1) is 0 Å². The minimum absolute atomic E-state index is 0.113. The average molecular weight is 324 g/mol. The number of aryl methyl sites for hydroxylation is 1. The topological polar surface area (TPSA) is 39.9 Å². The van der Waals surface area contributed by atoms with Crippen molar-refractivity contribution < 1.29 is 4.74 Å². The Hall–Kier alpha value is -1.20. The molecule has 19 heavy (non-hydrogen) atoms.